The second kappa shape index (κ2) is 5.67. The van der Waals surface area contributed by atoms with E-state index >= 15 is 0 Å². The Morgan fingerprint density at radius 3 is 2.72 bits per heavy atom. The van der Waals surface area contributed by atoms with Crippen molar-refractivity contribution in [2.75, 3.05) is 6.54 Å². The first kappa shape index (κ1) is 12.6. The fourth-order valence-corrected chi connectivity index (χ4v) is 2.15. The molecular formula is C14H19N3O. The van der Waals surface area contributed by atoms with Gasteiger partial charge in [0.2, 0.25) is 5.91 Å². The molecule has 1 aliphatic heterocycles. The first-order chi connectivity index (χ1) is 8.70. The Labute approximate surface area is 108 Å². The van der Waals surface area contributed by atoms with Crippen LogP contribution in [0.15, 0.2) is 35.3 Å². The quantitative estimate of drug-likeness (QED) is 0.847. The van der Waals surface area contributed by atoms with Crippen molar-refractivity contribution in [2.24, 2.45) is 4.99 Å². The summed E-state index contributed by atoms with van der Waals surface area (Å²) in [5, 5.41) is 5.89. The van der Waals surface area contributed by atoms with Crippen LogP contribution < -0.4 is 10.6 Å². The SMILES string of the molecule is CCN=C1NC(=O)C(CC(C)c2ccccc2)N1. The molecular weight excluding hydrogens is 226 g/mol. The van der Waals surface area contributed by atoms with Gasteiger partial charge >= 0.3 is 0 Å². The molecule has 1 fully saturated rings. The average Bonchev–Trinajstić information content (AvgIpc) is 2.71. The normalized spacial score (nSPS) is 22.7. The molecule has 2 rings (SSSR count). The smallest absolute Gasteiger partial charge is 0.249 e. The maximum atomic E-state index is 11.8. The van der Waals surface area contributed by atoms with Crippen molar-refractivity contribution in [1.29, 1.82) is 0 Å². The number of amides is 1. The summed E-state index contributed by atoms with van der Waals surface area (Å²) in [4.78, 5) is 15.9. The molecule has 0 saturated carbocycles. The third kappa shape index (κ3) is 2.88. The van der Waals surface area contributed by atoms with E-state index in [1.54, 1.807) is 0 Å². The van der Waals surface area contributed by atoms with E-state index in [1.807, 2.05) is 25.1 Å². The highest BCUT2D eigenvalue weighted by molar-refractivity contribution is 6.06. The molecule has 4 heteroatoms. The molecule has 4 nitrogen and oxygen atoms in total. The predicted octanol–water partition coefficient (Wildman–Crippen LogP) is 1.64. The fourth-order valence-electron chi connectivity index (χ4n) is 2.15. The molecule has 96 valence electrons. The van der Waals surface area contributed by atoms with Gasteiger partial charge in [-0.2, -0.15) is 0 Å². The lowest BCUT2D eigenvalue weighted by atomic mass is 9.94. The highest BCUT2D eigenvalue weighted by Crippen LogP contribution is 2.21. The molecule has 0 bridgehead atoms. The van der Waals surface area contributed by atoms with Crippen LogP contribution in [0.25, 0.3) is 0 Å². The van der Waals surface area contributed by atoms with Crippen molar-refractivity contribution in [3.63, 3.8) is 0 Å². The van der Waals surface area contributed by atoms with E-state index in [9.17, 15) is 4.79 Å². The number of aliphatic imine (C=N–C) groups is 1. The van der Waals surface area contributed by atoms with Gasteiger partial charge in [-0.3, -0.25) is 15.1 Å². The van der Waals surface area contributed by atoms with Crippen LogP contribution >= 0.6 is 0 Å². The Balaban J connectivity index is 1.98. The summed E-state index contributed by atoms with van der Waals surface area (Å²) >= 11 is 0. The summed E-state index contributed by atoms with van der Waals surface area (Å²) in [6, 6.07) is 10.1. The number of hydrogen-bond donors (Lipinski definition) is 2. The van der Waals surface area contributed by atoms with Crippen molar-refractivity contribution < 1.29 is 4.79 Å². The molecule has 1 amide bonds. The summed E-state index contributed by atoms with van der Waals surface area (Å²) in [5.41, 5.74) is 1.26. The van der Waals surface area contributed by atoms with Crippen molar-refractivity contribution in [3.05, 3.63) is 35.9 Å². The molecule has 1 aromatic rings. The summed E-state index contributed by atoms with van der Waals surface area (Å²) in [6.07, 6.45) is 0.776. The van der Waals surface area contributed by atoms with Crippen molar-refractivity contribution in [1.82, 2.24) is 10.6 Å². The number of carbonyl (C=O) groups excluding carboxylic acids is 1. The Morgan fingerprint density at radius 2 is 2.06 bits per heavy atom. The molecule has 0 aliphatic carbocycles. The number of benzene rings is 1. The lowest BCUT2D eigenvalue weighted by Crippen LogP contribution is -2.30. The van der Waals surface area contributed by atoms with E-state index in [1.165, 1.54) is 5.56 Å². The van der Waals surface area contributed by atoms with Crippen LogP contribution in [-0.2, 0) is 4.79 Å². The Kier molecular flexibility index (Phi) is 3.97. The number of carbonyl (C=O) groups is 1. The molecule has 0 radical (unpaired) electrons. The van der Waals surface area contributed by atoms with E-state index < -0.39 is 0 Å². The Hall–Kier alpha value is -1.84. The topological polar surface area (TPSA) is 53.5 Å². The second-order valence-corrected chi connectivity index (χ2v) is 4.56. The van der Waals surface area contributed by atoms with Crippen LogP contribution in [0.2, 0.25) is 0 Å². The van der Waals surface area contributed by atoms with Gasteiger partial charge in [0, 0.05) is 6.54 Å². The van der Waals surface area contributed by atoms with E-state index in [2.05, 4.69) is 34.7 Å². The van der Waals surface area contributed by atoms with Gasteiger partial charge in [0.25, 0.3) is 0 Å². The summed E-state index contributed by atoms with van der Waals surface area (Å²) in [6.45, 7) is 4.75. The van der Waals surface area contributed by atoms with Crippen molar-refractivity contribution in [3.8, 4) is 0 Å². The monoisotopic (exact) mass is 245 g/mol. The highest BCUT2D eigenvalue weighted by atomic mass is 16.2. The van der Waals surface area contributed by atoms with Gasteiger partial charge in [-0.1, -0.05) is 37.3 Å². The predicted molar refractivity (Wildman–Crippen MR) is 72.5 cm³/mol. The first-order valence-electron chi connectivity index (χ1n) is 6.37. The zero-order valence-corrected chi connectivity index (χ0v) is 10.8. The van der Waals surface area contributed by atoms with Crippen molar-refractivity contribution >= 4 is 11.9 Å². The minimum atomic E-state index is -0.175. The van der Waals surface area contributed by atoms with Crippen LogP contribution in [0.5, 0.6) is 0 Å². The molecule has 2 N–H and O–H groups in total. The number of rotatable bonds is 4. The second-order valence-electron chi connectivity index (χ2n) is 4.56. The molecule has 0 aromatic heterocycles. The van der Waals surface area contributed by atoms with Crippen LogP contribution in [-0.4, -0.2) is 24.5 Å². The van der Waals surface area contributed by atoms with Crippen LogP contribution in [0.3, 0.4) is 0 Å². The lowest BCUT2D eigenvalue weighted by Gasteiger charge is -2.15. The zero-order chi connectivity index (χ0) is 13.0. The Bertz CT molecular complexity index is 442. The maximum Gasteiger partial charge on any atom is 0.249 e. The zero-order valence-electron chi connectivity index (χ0n) is 10.8. The van der Waals surface area contributed by atoms with Gasteiger partial charge in [-0.15, -0.1) is 0 Å². The standard InChI is InChI=1S/C14H19N3O/c1-3-15-14-16-12(13(18)17-14)9-10(2)11-7-5-4-6-8-11/h4-8,10,12H,3,9H2,1-2H3,(H2,15,16,17,18). The van der Waals surface area contributed by atoms with Crippen molar-refractivity contribution in [2.45, 2.75) is 32.2 Å². The average molecular weight is 245 g/mol. The number of hydrogen-bond acceptors (Lipinski definition) is 2. The number of guanidine groups is 1. The Morgan fingerprint density at radius 1 is 1.33 bits per heavy atom. The van der Waals surface area contributed by atoms with Gasteiger partial charge in [0.1, 0.15) is 6.04 Å². The van der Waals surface area contributed by atoms with Gasteiger partial charge < -0.3 is 5.32 Å². The number of nitrogens with zero attached hydrogens (tertiary/aromatic N) is 1. The molecule has 18 heavy (non-hydrogen) atoms. The lowest BCUT2D eigenvalue weighted by molar-refractivity contribution is -0.120. The third-order valence-corrected chi connectivity index (χ3v) is 3.14. The fraction of sp³-hybridized carbons (Fsp3) is 0.429. The molecule has 1 aromatic carbocycles. The van der Waals surface area contributed by atoms with E-state index in [0.717, 1.165) is 6.42 Å². The van der Waals surface area contributed by atoms with E-state index in [-0.39, 0.29) is 11.9 Å². The summed E-state index contributed by atoms with van der Waals surface area (Å²) < 4.78 is 0. The van der Waals surface area contributed by atoms with E-state index in [4.69, 9.17) is 0 Å². The van der Waals surface area contributed by atoms with Crippen LogP contribution in [0, 0.1) is 0 Å². The first-order valence-corrected chi connectivity index (χ1v) is 6.37. The summed E-state index contributed by atoms with van der Waals surface area (Å²) in [5.74, 6) is 0.966. The largest absolute Gasteiger partial charge is 0.344 e. The summed E-state index contributed by atoms with van der Waals surface area (Å²) in [7, 11) is 0. The van der Waals surface area contributed by atoms with Crippen LogP contribution in [0.1, 0.15) is 31.7 Å². The molecule has 2 atom stereocenters. The highest BCUT2D eigenvalue weighted by Gasteiger charge is 2.29. The third-order valence-electron chi connectivity index (χ3n) is 3.14. The van der Waals surface area contributed by atoms with Gasteiger partial charge in [-0.25, -0.2) is 0 Å². The molecule has 1 heterocycles. The molecule has 1 saturated heterocycles. The maximum absolute atomic E-state index is 11.8. The minimum absolute atomic E-state index is 0.0185. The molecule has 2 unspecified atom stereocenters. The molecule has 1 aliphatic rings. The molecule has 0 spiro atoms. The minimum Gasteiger partial charge on any atom is -0.344 e. The van der Waals surface area contributed by atoms with Crippen LogP contribution in [0.4, 0.5) is 0 Å². The number of nitrogens with one attached hydrogen (secondary N) is 2. The van der Waals surface area contributed by atoms with Gasteiger partial charge in [0.05, 0.1) is 0 Å². The van der Waals surface area contributed by atoms with E-state index in [0.29, 0.717) is 18.4 Å². The van der Waals surface area contributed by atoms with Gasteiger partial charge in [-0.05, 0) is 24.8 Å². The van der Waals surface area contributed by atoms with Gasteiger partial charge in [0.15, 0.2) is 5.96 Å².